The molecule has 0 saturated carbocycles. The van der Waals surface area contributed by atoms with Gasteiger partial charge < -0.3 is 9.73 Å². The Morgan fingerprint density at radius 1 is 1.64 bits per heavy atom. The molecule has 14 heavy (non-hydrogen) atoms. The van der Waals surface area contributed by atoms with Crippen molar-refractivity contribution in [3.8, 4) is 0 Å². The lowest BCUT2D eigenvalue weighted by Gasteiger charge is -2.09. The fourth-order valence-corrected chi connectivity index (χ4v) is 1.81. The van der Waals surface area contributed by atoms with Crippen molar-refractivity contribution >= 4 is 26.7 Å². The van der Waals surface area contributed by atoms with Crippen LogP contribution in [0, 0.1) is 0 Å². The van der Waals surface area contributed by atoms with E-state index in [0.29, 0.717) is 5.75 Å². The molecule has 0 amide bonds. The third kappa shape index (κ3) is 3.94. The molecule has 0 aliphatic carbocycles. The summed E-state index contributed by atoms with van der Waals surface area (Å²) in [5.74, 6) is 1.56. The average Bonchev–Trinajstić information content (AvgIpc) is 2.51. The standard InChI is InChI=1S/C9H14BrNO2S/c1-7(11-5-6-14(2)12)8-3-4-9(10)13-8/h3-4,7,11H,5-6H2,1-2H3. The van der Waals surface area contributed by atoms with E-state index in [1.54, 1.807) is 6.26 Å². The Hall–Kier alpha value is -0.130. The quantitative estimate of drug-likeness (QED) is 0.897. The first-order valence-corrected chi connectivity index (χ1v) is 6.90. The van der Waals surface area contributed by atoms with Crippen molar-refractivity contribution in [2.75, 3.05) is 18.6 Å². The minimum atomic E-state index is -0.736. The molecule has 3 nitrogen and oxygen atoms in total. The topological polar surface area (TPSA) is 42.2 Å². The van der Waals surface area contributed by atoms with Crippen molar-refractivity contribution in [1.82, 2.24) is 5.32 Å². The van der Waals surface area contributed by atoms with E-state index in [1.165, 1.54) is 0 Å². The molecule has 1 aromatic rings. The monoisotopic (exact) mass is 279 g/mol. The highest BCUT2D eigenvalue weighted by molar-refractivity contribution is 9.10. The van der Waals surface area contributed by atoms with Crippen LogP contribution in [0.25, 0.3) is 0 Å². The number of halogens is 1. The molecule has 80 valence electrons. The summed E-state index contributed by atoms with van der Waals surface area (Å²) in [6.45, 7) is 2.76. The van der Waals surface area contributed by atoms with E-state index < -0.39 is 10.8 Å². The smallest absolute Gasteiger partial charge is 0.169 e. The molecule has 0 bridgehead atoms. The summed E-state index contributed by atoms with van der Waals surface area (Å²) in [6.07, 6.45) is 1.70. The zero-order valence-electron chi connectivity index (χ0n) is 8.25. The van der Waals surface area contributed by atoms with Crippen molar-refractivity contribution < 1.29 is 8.63 Å². The molecule has 0 aliphatic heterocycles. The van der Waals surface area contributed by atoms with Crippen molar-refractivity contribution in [2.24, 2.45) is 0 Å². The second-order valence-electron chi connectivity index (χ2n) is 3.10. The average molecular weight is 280 g/mol. The van der Waals surface area contributed by atoms with E-state index >= 15 is 0 Å². The summed E-state index contributed by atoms with van der Waals surface area (Å²) in [5.41, 5.74) is 0. The normalized spacial score (nSPS) is 15.4. The molecule has 0 spiro atoms. The lowest BCUT2D eigenvalue weighted by Crippen LogP contribution is -2.23. The predicted molar refractivity (Wildman–Crippen MR) is 61.8 cm³/mol. The second kappa shape index (κ2) is 5.68. The van der Waals surface area contributed by atoms with Crippen molar-refractivity contribution in [2.45, 2.75) is 13.0 Å². The summed E-state index contributed by atoms with van der Waals surface area (Å²) in [5, 5.41) is 3.24. The Bertz CT molecular complexity index is 314. The summed E-state index contributed by atoms with van der Waals surface area (Å²) >= 11 is 3.25. The minimum Gasteiger partial charge on any atom is -0.453 e. The Balaban J connectivity index is 2.35. The molecule has 1 heterocycles. The molecule has 0 aromatic carbocycles. The Kier molecular flexibility index (Phi) is 4.84. The molecule has 1 aromatic heterocycles. The molecule has 1 rings (SSSR count). The number of hydrogen-bond acceptors (Lipinski definition) is 3. The van der Waals surface area contributed by atoms with Crippen LogP contribution in [0.1, 0.15) is 18.7 Å². The predicted octanol–water partition coefficient (Wildman–Crippen LogP) is 2.07. The maximum absolute atomic E-state index is 10.8. The number of hydrogen-bond donors (Lipinski definition) is 1. The first kappa shape index (κ1) is 11.9. The van der Waals surface area contributed by atoms with Crippen LogP contribution in [0.2, 0.25) is 0 Å². The van der Waals surface area contributed by atoms with Gasteiger partial charge in [0.25, 0.3) is 0 Å². The number of nitrogens with one attached hydrogen (secondary N) is 1. The van der Waals surface area contributed by atoms with Gasteiger partial charge in [0.15, 0.2) is 4.67 Å². The lowest BCUT2D eigenvalue weighted by atomic mass is 10.2. The van der Waals surface area contributed by atoms with Crippen LogP contribution in [-0.4, -0.2) is 22.8 Å². The highest BCUT2D eigenvalue weighted by Gasteiger charge is 2.08. The van der Waals surface area contributed by atoms with Crippen molar-refractivity contribution in [3.05, 3.63) is 22.6 Å². The van der Waals surface area contributed by atoms with Crippen molar-refractivity contribution in [1.29, 1.82) is 0 Å². The highest BCUT2D eigenvalue weighted by Crippen LogP contribution is 2.19. The van der Waals surface area contributed by atoms with E-state index in [2.05, 4.69) is 21.2 Å². The fraction of sp³-hybridized carbons (Fsp3) is 0.556. The SMILES string of the molecule is CC(NCCS(C)=O)c1ccc(Br)o1. The lowest BCUT2D eigenvalue weighted by molar-refractivity contribution is 0.424. The van der Waals surface area contributed by atoms with E-state index in [4.69, 9.17) is 4.42 Å². The van der Waals surface area contributed by atoms with Gasteiger partial charge in [-0.25, -0.2) is 0 Å². The van der Waals surface area contributed by atoms with Gasteiger partial charge in [-0.2, -0.15) is 0 Å². The highest BCUT2D eigenvalue weighted by atomic mass is 79.9. The largest absolute Gasteiger partial charge is 0.453 e. The molecule has 0 fully saturated rings. The molecule has 2 atom stereocenters. The van der Waals surface area contributed by atoms with Crippen LogP contribution in [0.5, 0.6) is 0 Å². The first-order valence-electron chi connectivity index (χ1n) is 4.38. The van der Waals surface area contributed by atoms with Gasteiger partial charge in [0.05, 0.1) is 6.04 Å². The van der Waals surface area contributed by atoms with Crippen LogP contribution < -0.4 is 5.32 Å². The first-order chi connectivity index (χ1) is 6.59. The maximum Gasteiger partial charge on any atom is 0.169 e. The molecule has 5 heteroatoms. The minimum absolute atomic E-state index is 0.157. The summed E-state index contributed by atoms with van der Waals surface area (Å²) in [7, 11) is -0.736. The van der Waals surface area contributed by atoms with E-state index in [1.807, 2.05) is 19.1 Å². The molecule has 0 aliphatic rings. The van der Waals surface area contributed by atoms with Gasteiger partial charge in [0, 0.05) is 29.4 Å². The summed E-state index contributed by atoms with van der Waals surface area (Å²) in [4.78, 5) is 0. The second-order valence-corrected chi connectivity index (χ2v) is 5.43. The molecule has 0 radical (unpaired) electrons. The Morgan fingerprint density at radius 2 is 2.36 bits per heavy atom. The van der Waals surface area contributed by atoms with Crippen LogP contribution in [0.4, 0.5) is 0 Å². The van der Waals surface area contributed by atoms with E-state index in [-0.39, 0.29) is 6.04 Å². The van der Waals surface area contributed by atoms with Crippen LogP contribution >= 0.6 is 15.9 Å². The molecule has 0 saturated heterocycles. The zero-order chi connectivity index (χ0) is 10.6. The summed E-state index contributed by atoms with van der Waals surface area (Å²) in [6, 6.07) is 3.95. The van der Waals surface area contributed by atoms with Crippen LogP contribution in [0.15, 0.2) is 21.2 Å². The van der Waals surface area contributed by atoms with Gasteiger partial charge >= 0.3 is 0 Å². The van der Waals surface area contributed by atoms with E-state index in [0.717, 1.165) is 17.0 Å². The molecular formula is C9H14BrNO2S. The van der Waals surface area contributed by atoms with Gasteiger partial charge in [-0.15, -0.1) is 0 Å². The van der Waals surface area contributed by atoms with Gasteiger partial charge in [-0.3, -0.25) is 4.21 Å². The molecule has 1 N–H and O–H groups in total. The zero-order valence-corrected chi connectivity index (χ0v) is 10.7. The van der Waals surface area contributed by atoms with Gasteiger partial charge in [-0.1, -0.05) is 0 Å². The van der Waals surface area contributed by atoms with Crippen LogP contribution in [0.3, 0.4) is 0 Å². The third-order valence-corrected chi connectivity index (χ3v) is 3.07. The van der Waals surface area contributed by atoms with Gasteiger partial charge in [0.2, 0.25) is 0 Å². The van der Waals surface area contributed by atoms with Crippen LogP contribution in [-0.2, 0) is 10.8 Å². The molecule has 2 unspecified atom stereocenters. The number of rotatable bonds is 5. The third-order valence-electron chi connectivity index (χ3n) is 1.86. The van der Waals surface area contributed by atoms with Crippen molar-refractivity contribution in [3.63, 3.8) is 0 Å². The summed E-state index contributed by atoms with van der Waals surface area (Å²) < 4.78 is 16.9. The van der Waals surface area contributed by atoms with Gasteiger partial charge in [0.1, 0.15) is 5.76 Å². The Morgan fingerprint density at radius 3 is 2.86 bits per heavy atom. The molecular weight excluding hydrogens is 266 g/mol. The van der Waals surface area contributed by atoms with Gasteiger partial charge in [-0.05, 0) is 35.0 Å². The number of furan rings is 1. The Labute approximate surface area is 94.8 Å². The fourth-order valence-electron chi connectivity index (χ4n) is 1.08. The maximum atomic E-state index is 10.8. The van der Waals surface area contributed by atoms with E-state index in [9.17, 15) is 4.21 Å².